The van der Waals surface area contributed by atoms with E-state index in [-0.39, 0.29) is 0 Å². The smallest absolute Gasteiger partial charge is 0.161 e. The number of anilines is 1. The number of fused-ring (bicyclic) bond motifs is 1. The average Bonchev–Trinajstić information content (AvgIpc) is 2.26. The summed E-state index contributed by atoms with van der Waals surface area (Å²) in [7, 11) is 0. The van der Waals surface area contributed by atoms with E-state index in [0.29, 0.717) is 12.4 Å². The molecule has 0 saturated carbocycles. The van der Waals surface area contributed by atoms with Crippen molar-refractivity contribution in [2.75, 3.05) is 12.1 Å². The van der Waals surface area contributed by atoms with Crippen molar-refractivity contribution in [3.05, 3.63) is 28.5 Å². The first-order valence-electron chi connectivity index (χ1n) is 5.02. The first kappa shape index (κ1) is 11.3. The minimum absolute atomic E-state index is 0.582. The minimum atomic E-state index is 0.582. The van der Waals surface area contributed by atoms with Crippen molar-refractivity contribution < 1.29 is 4.84 Å². The Bertz CT molecular complexity index is 516. The van der Waals surface area contributed by atoms with E-state index in [1.165, 1.54) is 0 Å². The summed E-state index contributed by atoms with van der Waals surface area (Å²) in [6, 6.07) is 5.88. The molecular formula is C11H12BrN3O. The number of hydrogen-bond acceptors (Lipinski definition) is 4. The van der Waals surface area contributed by atoms with Crippen LogP contribution in [0.25, 0.3) is 10.9 Å². The van der Waals surface area contributed by atoms with Gasteiger partial charge in [0.1, 0.15) is 5.82 Å². The van der Waals surface area contributed by atoms with Gasteiger partial charge in [0.2, 0.25) is 0 Å². The van der Waals surface area contributed by atoms with Gasteiger partial charge >= 0.3 is 0 Å². The van der Waals surface area contributed by atoms with Crippen molar-refractivity contribution in [3.63, 3.8) is 0 Å². The van der Waals surface area contributed by atoms with Crippen LogP contribution in [0.2, 0.25) is 0 Å². The number of nitrogens with zero attached hydrogens (tertiary/aromatic N) is 2. The number of rotatable bonds is 3. The van der Waals surface area contributed by atoms with Crippen LogP contribution in [-0.2, 0) is 4.84 Å². The Morgan fingerprint density at radius 2 is 2.19 bits per heavy atom. The van der Waals surface area contributed by atoms with Crippen molar-refractivity contribution in [2.45, 2.75) is 13.8 Å². The summed E-state index contributed by atoms with van der Waals surface area (Å²) in [6.07, 6.45) is 0. The van der Waals surface area contributed by atoms with Crippen LogP contribution in [0, 0.1) is 6.92 Å². The van der Waals surface area contributed by atoms with E-state index in [2.05, 4.69) is 31.4 Å². The largest absolute Gasteiger partial charge is 0.275 e. The third kappa shape index (κ3) is 2.31. The highest BCUT2D eigenvalue weighted by atomic mass is 79.9. The first-order valence-corrected chi connectivity index (χ1v) is 5.81. The van der Waals surface area contributed by atoms with Crippen LogP contribution in [-0.4, -0.2) is 16.6 Å². The van der Waals surface area contributed by atoms with E-state index in [1.807, 2.05) is 32.0 Å². The Kier molecular flexibility index (Phi) is 3.36. The molecule has 0 amide bonds. The number of aromatic nitrogens is 2. The Hall–Kier alpha value is -1.20. The standard InChI is InChI=1S/C11H12BrN3O/c1-3-16-15-11-9-6-8(12)4-5-10(9)13-7(2)14-11/h4-6H,3H2,1-2H3,(H,13,14,15). The van der Waals surface area contributed by atoms with Crippen molar-refractivity contribution in [3.8, 4) is 0 Å². The SMILES string of the molecule is CCONc1nc(C)nc2ccc(Br)cc12. The van der Waals surface area contributed by atoms with Gasteiger partial charge in [-0.2, -0.15) is 0 Å². The van der Waals surface area contributed by atoms with Gasteiger partial charge in [-0.3, -0.25) is 4.84 Å². The summed E-state index contributed by atoms with van der Waals surface area (Å²) in [5, 5.41) is 0.938. The van der Waals surface area contributed by atoms with E-state index in [9.17, 15) is 0 Å². The molecule has 1 aromatic heterocycles. The Balaban J connectivity index is 2.55. The lowest BCUT2D eigenvalue weighted by molar-refractivity contribution is 0.209. The lowest BCUT2D eigenvalue weighted by atomic mass is 10.2. The number of aryl methyl sites for hydroxylation is 1. The maximum Gasteiger partial charge on any atom is 0.161 e. The monoisotopic (exact) mass is 281 g/mol. The first-order chi connectivity index (χ1) is 7.70. The number of hydrogen-bond donors (Lipinski definition) is 1. The minimum Gasteiger partial charge on any atom is -0.275 e. The van der Waals surface area contributed by atoms with Gasteiger partial charge in [0.15, 0.2) is 5.82 Å². The molecular weight excluding hydrogens is 270 g/mol. The highest BCUT2D eigenvalue weighted by Crippen LogP contribution is 2.24. The van der Waals surface area contributed by atoms with Gasteiger partial charge in [0, 0.05) is 9.86 Å². The van der Waals surface area contributed by atoms with Crippen molar-refractivity contribution >= 4 is 32.7 Å². The number of nitrogens with one attached hydrogen (secondary N) is 1. The highest BCUT2D eigenvalue weighted by Gasteiger charge is 2.05. The quantitative estimate of drug-likeness (QED) is 0.879. The lowest BCUT2D eigenvalue weighted by Crippen LogP contribution is -2.04. The fourth-order valence-electron chi connectivity index (χ4n) is 1.44. The maximum atomic E-state index is 5.17. The summed E-state index contributed by atoms with van der Waals surface area (Å²) in [4.78, 5) is 13.8. The molecule has 0 atom stereocenters. The molecule has 1 aromatic carbocycles. The molecule has 1 N–H and O–H groups in total. The molecule has 0 radical (unpaired) electrons. The van der Waals surface area contributed by atoms with Crippen molar-refractivity contribution in [2.24, 2.45) is 0 Å². The Morgan fingerprint density at radius 3 is 2.94 bits per heavy atom. The molecule has 2 rings (SSSR count). The Morgan fingerprint density at radius 1 is 1.38 bits per heavy atom. The van der Waals surface area contributed by atoms with Crippen molar-refractivity contribution in [1.82, 2.24) is 9.97 Å². The molecule has 1 heterocycles. The van der Waals surface area contributed by atoms with Crippen LogP contribution in [0.3, 0.4) is 0 Å². The maximum absolute atomic E-state index is 5.17. The van der Waals surface area contributed by atoms with Crippen LogP contribution < -0.4 is 5.48 Å². The van der Waals surface area contributed by atoms with Crippen LogP contribution >= 0.6 is 15.9 Å². The third-order valence-electron chi connectivity index (χ3n) is 2.08. The molecule has 2 aromatic rings. The number of halogens is 1. The summed E-state index contributed by atoms with van der Waals surface area (Å²) in [5.74, 6) is 1.42. The van der Waals surface area contributed by atoms with E-state index >= 15 is 0 Å². The molecule has 0 aliphatic heterocycles. The molecule has 0 aliphatic carbocycles. The molecule has 0 saturated heterocycles. The van der Waals surface area contributed by atoms with Gasteiger partial charge in [-0.05, 0) is 32.0 Å². The molecule has 0 bridgehead atoms. The topological polar surface area (TPSA) is 47.0 Å². The zero-order valence-corrected chi connectivity index (χ0v) is 10.7. The van der Waals surface area contributed by atoms with E-state index in [1.54, 1.807) is 0 Å². The summed E-state index contributed by atoms with van der Waals surface area (Å²) >= 11 is 3.43. The summed E-state index contributed by atoms with van der Waals surface area (Å²) in [5.41, 5.74) is 3.73. The lowest BCUT2D eigenvalue weighted by Gasteiger charge is -2.08. The molecule has 0 unspecified atom stereocenters. The average molecular weight is 282 g/mol. The van der Waals surface area contributed by atoms with Crippen LogP contribution in [0.4, 0.5) is 5.82 Å². The predicted molar refractivity (Wildman–Crippen MR) is 67.2 cm³/mol. The van der Waals surface area contributed by atoms with Crippen LogP contribution in [0.15, 0.2) is 22.7 Å². The molecule has 16 heavy (non-hydrogen) atoms. The number of benzene rings is 1. The molecule has 0 spiro atoms. The third-order valence-corrected chi connectivity index (χ3v) is 2.58. The second-order valence-electron chi connectivity index (χ2n) is 3.32. The summed E-state index contributed by atoms with van der Waals surface area (Å²) in [6.45, 7) is 4.36. The molecule has 0 fully saturated rings. The van der Waals surface area contributed by atoms with Gasteiger partial charge in [0.05, 0.1) is 12.1 Å². The van der Waals surface area contributed by atoms with Crippen LogP contribution in [0.1, 0.15) is 12.7 Å². The van der Waals surface area contributed by atoms with E-state index in [4.69, 9.17) is 4.84 Å². The molecule has 84 valence electrons. The Labute approximate surface area is 102 Å². The summed E-state index contributed by atoms with van der Waals surface area (Å²) < 4.78 is 0.993. The second-order valence-corrected chi connectivity index (χ2v) is 4.23. The predicted octanol–water partition coefficient (Wildman–Crippen LogP) is 3.06. The van der Waals surface area contributed by atoms with Crippen LogP contribution in [0.5, 0.6) is 0 Å². The zero-order valence-electron chi connectivity index (χ0n) is 9.12. The normalized spacial score (nSPS) is 10.7. The van der Waals surface area contributed by atoms with Gasteiger partial charge in [-0.1, -0.05) is 15.9 Å². The van der Waals surface area contributed by atoms with Crippen molar-refractivity contribution in [1.29, 1.82) is 0 Å². The fraction of sp³-hybridized carbons (Fsp3) is 0.273. The van der Waals surface area contributed by atoms with Gasteiger partial charge in [0.25, 0.3) is 0 Å². The van der Waals surface area contributed by atoms with E-state index < -0.39 is 0 Å². The van der Waals surface area contributed by atoms with Gasteiger partial charge in [-0.25, -0.2) is 15.4 Å². The second kappa shape index (κ2) is 4.76. The van der Waals surface area contributed by atoms with Gasteiger partial charge < -0.3 is 0 Å². The molecule has 5 heteroatoms. The van der Waals surface area contributed by atoms with Gasteiger partial charge in [-0.15, -0.1) is 0 Å². The highest BCUT2D eigenvalue weighted by molar-refractivity contribution is 9.10. The van der Waals surface area contributed by atoms with E-state index in [0.717, 1.165) is 21.2 Å². The molecule has 0 aliphatic rings. The zero-order chi connectivity index (χ0) is 11.5. The molecule has 4 nitrogen and oxygen atoms in total. The fourth-order valence-corrected chi connectivity index (χ4v) is 1.80.